The molecule has 0 unspecified atom stereocenters. The number of carboxylic acid groups (broad SMARTS) is 1. The van der Waals surface area contributed by atoms with Gasteiger partial charge in [-0.05, 0) is 6.42 Å². The zero-order chi connectivity index (χ0) is 12.6. The largest absolute Gasteiger partial charge is 0.494 e. The number of aryl methyl sites for hydroxylation is 1. The van der Waals surface area contributed by atoms with Gasteiger partial charge in [0.25, 0.3) is 0 Å². The molecule has 6 heteroatoms. The molecular weight excluding hydrogens is 244 g/mol. The number of aromatic carboxylic acids is 1. The van der Waals surface area contributed by atoms with Crippen LogP contribution in [0.2, 0.25) is 5.02 Å². The summed E-state index contributed by atoms with van der Waals surface area (Å²) in [6.45, 7) is 1.85. The van der Waals surface area contributed by atoms with Gasteiger partial charge in [-0.3, -0.25) is 4.40 Å². The molecule has 0 amide bonds. The van der Waals surface area contributed by atoms with Gasteiger partial charge in [0.15, 0.2) is 11.4 Å². The van der Waals surface area contributed by atoms with Crippen molar-refractivity contribution in [3.63, 3.8) is 0 Å². The number of ether oxygens (including phenoxy) is 1. The van der Waals surface area contributed by atoms with E-state index in [0.29, 0.717) is 28.5 Å². The summed E-state index contributed by atoms with van der Waals surface area (Å²) < 4.78 is 6.54. The number of methoxy groups -OCH3 is 1. The van der Waals surface area contributed by atoms with E-state index in [1.165, 1.54) is 17.7 Å². The Hall–Kier alpha value is -1.75. The lowest BCUT2D eigenvalue weighted by Crippen LogP contribution is -2.05. The Morgan fingerprint density at radius 2 is 2.35 bits per heavy atom. The SMILES string of the molecule is CCc1nc2cc(Cl)c(OC)cn2c1C(=O)O. The zero-order valence-corrected chi connectivity index (χ0v) is 10.2. The van der Waals surface area contributed by atoms with E-state index in [1.807, 2.05) is 6.92 Å². The Balaban J connectivity index is 2.81. The van der Waals surface area contributed by atoms with Crippen molar-refractivity contribution in [1.29, 1.82) is 0 Å². The van der Waals surface area contributed by atoms with Gasteiger partial charge in [0.2, 0.25) is 0 Å². The Morgan fingerprint density at radius 1 is 1.65 bits per heavy atom. The molecule has 2 heterocycles. The first-order valence-electron chi connectivity index (χ1n) is 5.06. The van der Waals surface area contributed by atoms with Crippen LogP contribution >= 0.6 is 11.6 Å². The van der Waals surface area contributed by atoms with Crippen molar-refractivity contribution in [1.82, 2.24) is 9.38 Å². The topological polar surface area (TPSA) is 63.8 Å². The van der Waals surface area contributed by atoms with Gasteiger partial charge in [0, 0.05) is 6.07 Å². The molecule has 0 aliphatic carbocycles. The quantitative estimate of drug-likeness (QED) is 0.913. The summed E-state index contributed by atoms with van der Waals surface area (Å²) in [7, 11) is 1.48. The summed E-state index contributed by atoms with van der Waals surface area (Å²) in [6, 6.07) is 1.59. The predicted molar refractivity (Wildman–Crippen MR) is 63.1 cm³/mol. The van der Waals surface area contributed by atoms with Crippen LogP contribution in [0, 0.1) is 0 Å². The summed E-state index contributed by atoms with van der Waals surface area (Å²) in [6.07, 6.45) is 2.08. The van der Waals surface area contributed by atoms with Gasteiger partial charge in [0.05, 0.1) is 24.0 Å². The number of aromatic nitrogens is 2. The number of halogens is 1. The van der Waals surface area contributed by atoms with E-state index >= 15 is 0 Å². The van der Waals surface area contributed by atoms with E-state index in [4.69, 9.17) is 16.3 Å². The maximum Gasteiger partial charge on any atom is 0.354 e. The van der Waals surface area contributed by atoms with E-state index in [9.17, 15) is 9.90 Å². The van der Waals surface area contributed by atoms with Gasteiger partial charge in [-0.25, -0.2) is 9.78 Å². The average molecular weight is 255 g/mol. The van der Waals surface area contributed by atoms with Crippen LogP contribution in [-0.2, 0) is 6.42 Å². The van der Waals surface area contributed by atoms with E-state index < -0.39 is 5.97 Å². The Labute approximate surface area is 103 Å². The monoisotopic (exact) mass is 254 g/mol. The summed E-state index contributed by atoms with van der Waals surface area (Å²) in [4.78, 5) is 15.4. The molecule has 17 heavy (non-hydrogen) atoms. The van der Waals surface area contributed by atoms with Crippen LogP contribution in [0.15, 0.2) is 12.3 Å². The number of hydrogen-bond acceptors (Lipinski definition) is 3. The molecule has 0 aliphatic heterocycles. The molecule has 90 valence electrons. The first-order valence-corrected chi connectivity index (χ1v) is 5.44. The first kappa shape index (κ1) is 11.7. The molecular formula is C11H11ClN2O3. The zero-order valence-electron chi connectivity index (χ0n) is 9.40. The van der Waals surface area contributed by atoms with E-state index in [1.54, 1.807) is 6.07 Å². The van der Waals surface area contributed by atoms with Crippen molar-refractivity contribution in [2.24, 2.45) is 0 Å². The molecule has 0 aromatic carbocycles. The van der Waals surface area contributed by atoms with Crippen molar-refractivity contribution < 1.29 is 14.6 Å². The Morgan fingerprint density at radius 3 is 2.88 bits per heavy atom. The van der Waals surface area contributed by atoms with Crippen molar-refractivity contribution in [3.8, 4) is 5.75 Å². The van der Waals surface area contributed by atoms with Crippen molar-refractivity contribution in [2.45, 2.75) is 13.3 Å². The second-order valence-corrected chi connectivity index (χ2v) is 3.89. The maximum atomic E-state index is 11.2. The van der Waals surface area contributed by atoms with Crippen LogP contribution in [0.5, 0.6) is 5.75 Å². The third kappa shape index (κ3) is 1.82. The maximum absolute atomic E-state index is 11.2. The van der Waals surface area contributed by atoms with Gasteiger partial charge in [0.1, 0.15) is 5.65 Å². The van der Waals surface area contributed by atoms with Gasteiger partial charge in [-0.1, -0.05) is 18.5 Å². The molecule has 2 aromatic heterocycles. The Bertz CT molecular complexity index is 592. The third-order valence-corrected chi connectivity index (χ3v) is 2.80. The molecule has 0 aliphatic rings. The fourth-order valence-corrected chi connectivity index (χ4v) is 1.94. The van der Waals surface area contributed by atoms with Gasteiger partial charge in [-0.15, -0.1) is 0 Å². The number of carboxylic acids is 1. The number of imidazole rings is 1. The van der Waals surface area contributed by atoms with Gasteiger partial charge >= 0.3 is 5.97 Å². The highest BCUT2D eigenvalue weighted by molar-refractivity contribution is 6.32. The summed E-state index contributed by atoms with van der Waals surface area (Å²) in [5.74, 6) is -0.597. The molecule has 0 fully saturated rings. The second-order valence-electron chi connectivity index (χ2n) is 3.48. The molecule has 2 aromatic rings. The number of rotatable bonds is 3. The minimum Gasteiger partial charge on any atom is -0.494 e. The number of hydrogen-bond donors (Lipinski definition) is 1. The van der Waals surface area contributed by atoms with Crippen LogP contribution < -0.4 is 4.74 Å². The van der Waals surface area contributed by atoms with Crippen LogP contribution in [0.25, 0.3) is 5.65 Å². The summed E-state index contributed by atoms with van der Waals surface area (Å²) in [5, 5.41) is 9.59. The molecule has 2 rings (SSSR count). The van der Waals surface area contributed by atoms with Crippen LogP contribution in [0.1, 0.15) is 23.1 Å². The van der Waals surface area contributed by atoms with Crippen LogP contribution in [0.4, 0.5) is 0 Å². The highest BCUT2D eigenvalue weighted by Crippen LogP contribution is 2.27. The lowest BCUT2D eigenvalue weighted by atomic mass is 10.2. The minimum atomic E-state index is -1.02. The first-order chi connectivity index (χ1) is 8.08. The number of carbonyl (C=O) groups is 1. The lowest BCUT2D eigenvalue weighted by Gasteiger charge is -2.04. The molecule has 1 N–H and O–H groups in total. The molecule has 5 nitrogen and oxygen atoms in total. The lowest BCUT2D eigenvalue weighted by molar-refractivity contribution is 0.0688. The summed E-state index contributed by atoms with van der Waals surface area (Å²) in [5.41, 5.74) is 1.18. The van der Waals surface area contributed by atoms with Gasteiger partial charge < -0.3 is 9.84 Å². The molecule has 0 saturated heterocycles. The fourth-order valence-electron chi connectivity index (χ4n) is 1.72. The molecule has 0 saturated carbocycles. The fraction of sp³-hybridized carbons (Fsp3) is 0.273. The number of pyridine rings is 1. The van der Waals surface area contributed by atoms with Crippen molar-refractivity contribution >= 4 is 23.2 Å². The smallest absolute Gasteiger partial charge is 0.354 e. The highest BCUT2D eigenvalue weighted by Gasteiger charge is 2.18. The van der Waals surface area contributed by atoms with E-state index in [-0.39, 0.29) is 5.69 Å². The molecule has 0 spiro atoms. The normalized spacial score (nSPS) is 10.8. The number of nitrogens with zero attached hydrogens (tertiary/aromatic N) is 2. The number of fused-ring (bicyclic) bond motifs is 1. The molecule has 0 atom stereocenters. The molecule has 0 bridgehead atoms. The molecule has 0 radical (unpaired) electrons. The van der Waals surface area contributed by atoms with E-state index in [0.717, 1.165) is 0 Å². The minimum absolute atomic E-state index is 0.150. The Kier molecular flexibility index (Phi) is 2.93. The highest BCUT2D eigenvalue weighted by atomic mass is 35.5. The predicted octanol–water partition coefficient (Wildman–Crippen LogP) is 2.26. The van der Waals surface area contributed by atoms with E-state index in [2.05, 4.69) is 4.98 Å². The van der Waals surface area contributed by atoms with Crippen molar-refractivity contribution in [3.05, 3.63) is 28.7 Å². The van der Waals surface area contributed by atoms with Crippen molar-refractivity contribution in [2.75, 3.05) is 7.11 Å². The average Bonchev–Trinajstić information content (AvgIpc) is 2.65. The standard InChI is InChI=1S/C11H11ClN2O3/c1-3-7-10(11(15)16)14-5-8(17-2)6(12)4-9(14)13-7/h4-5H,3H2,1-2H3,(H,15,16). The summed E-state index contributed by atoms with van der Waals surface area (Å²) >= 11 is 5.96. The van der Waals surface area contributed by atoms with Crippen LogP contribution in [0.3, 0.4) is 0 Å². The third-order valence-electron chi connectivity index (χ3n) is 2.51. The van der Waals surface area contributed by atoms with Gasteiger partial charge in [-0.2, -0.15) is 0 Å². The second kappa shape index (κ2) is 4.25. The van der Waals surface area contributed by atoms with Crippen LogP contribution in [-0.4, -0.2) is 27.6 Å².